The van der Waals surface area contributed by atoms with Crippen molar-refractivity contribution in [2.45, 2.75) is 19.4 Å². The first-order chi connectivity index (χ1) is 12.0. The molecule has 0 spiro atoms. The van der Waals surface area contributed by atoms with Gasteiger partial charge >= 0.3 is 0 Å². The van der Waals surface area contributed by atoms with Crippen LogP contribution in [-0.2, 0) is 11.3 Å². The van der Waals surface area contributed by atoms with Gasteiger partial charge in [-0.1, -0.05) is 29.8 Å². The fraction of sp³-hybridized carbons (Fsp3) is 0.316. The first-order valence-corrected chi connectivity index (χ1v) is 8.62. The molecule has 1 N–H and O–H groups in total. The molecule has 0 aliphatic carbocycles. The van der Waals surface area contributed by atoms with E-state index in [9.17, 15) is 13.6 Å². The normalized spacial score (nSPS) is 18.1. The Morgan fingerprint density at radius 2 is 2.04 bits per heavy atom. The number of piperidine rings is 1. The van der Waals surface area contributed by atoms with Crippen LogP contribution in [0.2, 0.25) is 5.02 Å². The lowest BCUT2D eigenvalue weighted by molar-refractivity contribution is -0.121. The number of carbonyl (C=O) groups is 1. The highest BCUT2D eigenvalue weighted by Gasteiger charge is 2.26. The van der Waals surface area contributed by atoms with Crippen LogP contribution in [-0.4, -0.2) is 23.9 Å². The molecule has 1 atom stereocenters. The van der Waals surface area contributed by atoms with Crippen molar-refractivity contribution in [2.24, 2.45) is 5.92 Å². The lowest BCUT2D eigenvalue weighted by atomic mass is 9.96. The Hall–Kier alpha value is -1.98. The molecule has 0 saturated carbocycles. The topological polar surface area (TPSA) is 32.3 Å². The summed E-state index contributed by atoms with van der Waals surface area (Å²) in [5.41, 5.74) is 1.03. The zero-order valence-corrected chi connectivity index (χ0v) is 14.4. The Labute approximate surface area is 150 Å². The molecule has 2 aromatic carbocycles. The predicted molar refractivity (Wildman–Crippen MR) is 94.4 cm³/mol. The van der Waals surface area contributed by atoms with Crippen molar-refractivity contribution >= 4 is 23.2 Å². The second-order valence-corrected chi connectivity index (χ2v) is 6.69. The first kappa shape index (κ1) is 17.8. The number of benzene rings is 2. The van der Waals surface area contributed by atoms with Gasteiger partial charge in [-0.15, -0.1) is 0 Å². The molecule has 1 heterocycles. The van der Waals surface area contributed by atoms with Gasteiger partial charge in [0.15, 0.2) is 0 Å². The van der Waals surface area contributed by atoms with Crippen molar-refractivity contribution in [3.05, 3.63) is 64.7 Å². The van der Waals surface area contributed by atoms with E-state index in [2.05, 4.69) is 10.2 Å². The van der Waals surface area contributed by atoms with Gasteiger partial charge < -0.3 is 5.32 Å². The molecule has 3 nitrogen and oxygen atoms in total. The van der Waals surface area contributed by atoms with Gasteiger partial charge in [0.2, 0.25) is 5.91 Å². The number of nitrogens with one attached hydrogen (secondary N) is 1. The number of amides is 1. The van der Waals surface area contributed by atoms with Crippen molar-refractivity contribution in [2.75, 3.05) is 18.4 Å². The summed E-state index contributed by atoms with van der Waals surface area (Å²) in [6.45, 7) is 2.15. The van der Waals surface area contributed by atoms with E-state index in [0.29, 0.717) is 18.1 Å². The fourth-order valence-electron chi connectivity index (χ4n) is 3.11. The minimum Gasteiger partial charge on any atom is -0.323 e. The highest BCUT2D eigenvalue weighted by atomic mass is 35.5. The number of likely N-dealkylation sites (tertiary alicyclic amines) is 1. The monoisotopic (exact) mass is 364 g/mol. The molecule has 1 amide bonds. The molecule has 1 aliphatic rings. The summed E-state index contributed by atoms with van der Waals surface area (Å²) >= 11 is 6.20. The van der Waals surface area contributed by atoms with Gasteiger partial charge in [-0.25, -0.2) is 8.78 Å². The van der Waals surface area contributed by atoms with Crippen LogP contribution < -0.4 is 5.32 Å². The molecule has 3 rings (SSSR count). The fourth-order valence-corrected chi connectivity index (χ4v) is 3.30. The molecule has 1 aliphatic heterocycles. The summed E-state index contributed by atoms with van der Waals surface area (Å²) in [5.74, 6) is -1.91. The molecule has 25 heavy (non-hydrogen) atoms. The van der Waals surface area contributed by atoms with E-state index >= 15 is 0 Å². The maximum Gasteiger partial charge on any atom is 0.228 e. The smallest absolute Gasteiger partial charge is 0.228 e. The molecule has 0 bridgehead atoms. The van der Waals surface area contributed by atoms with Crippen LogP contribution >= 0.6 is 11.6 Å². The van der Waals surface area contributed by atoms with Gasteiger partial charge in [0.05, 0.1) is 11.6 Å². The van der Waals surface area contributed by atoms with Crippen molar-refractivity contribution in [3.8, 4) is 0 Å². The quantitative estimate of drug-likeness (QED) is 0.868. The van der Waals surface area contributed by atoms with Gasteiger partial charge in [-0.2, -0.15) is 0 Å². The summed E-state index contributed by atoms with van der Waals surface area (Å²) in [4.78, 5) is 14.6. The Bertz CT molecular complexity index is 769. The number of halogens is 3. The van der Waals surface area contributed by atoms with E-state index in [1.807, 2.05) is 24.3 Å². The number of carbonyl (C=O) groups excluding carboxylic acids is 1. The van der Waals surface area contributed by atoms with Crippen LogP contribution in [0, 0.1) is 17.6 Å². The molecular weight excluding hydrogens is 346 g/mol. The lowest BCUT2D eigenvalue weighted by Crippen LogP contribution is -2.40. The number of hydrogen-bond donors (Lipinski definition) is 1. The van der Waals surface area contributed by atoms with Crippen molar-refractivity contribution in [1.82, 2.24) is 4.90 Å². The largest absolute Gasteiger partial charge is 0.323 e. The van der Waals surface area contributed by atoms with Gasteiger partial charge in [-0.3, -0.25) is 9.69 Å². The molecule has 132 valence electrons. The lowest BCUT2D eigenvalue weighted by Gasteiger charge is -2.32. The zero-order chi connectivity index (χ0) is 17.8. The van der Waals surface area contributed by atoms with Crippen LogP contribution in [0.4, 0.5) is 14.5 Å². The third-order valence-electron chi connectivity index (χ3n) is 4.42. The SMILES string of the molecule is O=C(Nc1ccc(F)cc1F)C1CCCN(Cc2ccccc2Cl)C1. The van der Waals surface area contributed by atoms with Gasteiger partial charge in [0.1, 0.15) is 11.6 Å². The molecule has 6 heteroatoms. The Morgan fingerprint density at radius 3 is 2.80 bits per heavy atom. The summed E-state index contributed by atoms with van der Waals surface area (Å²) < 4.78 is 26.7. The van der Waals surface area contributed by atoms with E-state index in [4.69, 9.17) is 11.6 Å². The van der Waals surface area contributed by atoms with Gasteiger partial charge in [-0.05, 0) is 43.1 Å². The van der Waals surface area contributed by atoms with Crippen molar-refractivity contribution in [3.63, 3.8) is 0 Å². The summed E-state index contributed by atoms with van der Waals surface area (Å²) in [6.07, 6.45) is 1.63. The average molecular weight is 365 g/mol. The van der Waals surface area contributed by atoms with Crippen molar-refractivity contribution < 1.29 is 13.6 Å². The summed E-state index contributed by atoms with van der Waals surface area (Å²) in [7, 11) is 0. The van der Waals surface area contributed by atoms with Crippen LogP contribution in [0.5, 0.6) is 0 Å². The number of nitrogens with zero attached hydrogens (tertiary/aromatic N) is 1. The van der Waals surface area contributed by atoms with Gasteiger partial charge in [0, 0.05) is 24.2 Å². The van der Waals surface area contributed by atoms with Crippen LogP contribution in [0.15, 0.2) is 42.5 Å². The van der Waals surface area contributed by atoms with Crippen LogP contribution in [0.3, 0.4) is 0 Å². The third-order valence-corrected chi connectivity index (χ3v) is 4.79. The number of rotatable bonds is 4. The summed E-state index contributed by atoms with van der Waals surface area (Å²) in [6, 6.07) is 10.8. The van der Waals surface area contributed by atoms with Crippen molar-refractivity contribution in [1.29, 1.82) is 0 Å². The van der Waals surface area contributed by atoms with Gasteiger partial charge in [0.25, 0.3) is 0 Å². The second kappa shape index (κ2) is 7.93. The maximum atomic E-state index is 13.7. The molecule has 1 unspecified atom stereocenters. The standard InChI is InChI=1S/C19H19ClF2N2O/c20-16-6-2-1-4-13(16)11-24-9-3-5-14(12-24)19(25)23-18-8-7-15(21)10-17(18)22/h1-2,4,6-8,10,14H,3,5,9,11-12H2,(H,23,25). The molecule has 2 aromatic rings. The average Bonchev–Trinajstić information content (AvgIpc) is 2.60. The molecule has 1 saturated heterocycles. The predicted octanol–water partition coefficient (Wildman–Crippen LogP) is 4.47. The van der Waals surface area contributed by atoms with E-state index < -0.39 is 11.6 Å². The molecule has 0 radical (unpaired) electrons. The van der Waals surface area contributed by atoms with E-state index in [1.54, 1.807) is 0 Å². The Balaban J connectivity index is 1.62. The maximum absolute atomic E-state index is 13.7. The Morgan fingerprint density at radius 1 is 1.24 bits per heavy atom. The zero-order valence-electron chi connectivity index (χ0n) is 13.6. The minimum absolute atomic E-state index is 0.00891. The Kier molecular flexibility index (Phi) is 5.66. The first-order valence-electron chi connectivity index (χ1n) is 8.24. The third kappa shape index (κ3) is 4.55. The highest BCUT2D eigenvalue weighted by Crippen LogP contribution is 2.24. The second-order valence-electron chi connectivity index (χ2n) is 6.28. The summed E-state index contributed by atoms with van der Waals surface area (Å²) in [5, 5.41) is 3.28. The van der Waals surface area contributed by atoms with E-state index in [-0.39, 0.29) is 17.5 Å². The highest BCUT2D eigenvalue weighted by molar-refractivity contribution is 6.31. The molecular formula is C19H19ClF2N2O. The minimum atomic E-state index is -0.767. The molecule has 0 aromatic heterocycles. The number of anilines is 1. The van der Waals surface area contributed by atoms with Crippen LogP contribution in [0.1, 0.15) is 18.4 Å². The molecule has 1 fully saturated rings. The van der Waals surface area contributed by atoms with E-state index in [0.717, 1.165) is 37.1 Å². The van der Waals surface area contributed by atoms with Crippen LogP contribution in [0.25, 0.3) is 0 Å². The number of hydrogen-bond acceptors (Lipinski definition) is 2. The van der Waals surface area contributed by atoms with E-state index in [1.165, 1.54) is 6.07 Å².